The molecule has 0 spiro atoms. The molecule has 0 saturated carbocycles. The van der Waals surface area contributed by atoms with Gasteiger partial charge in [-0.2, -0.15) is 0 Å². The molecule has 1 aromatic carbocycles. The first kappa shape index (κ1) is 16.7. The maximum absolute atomic E-state index is 12.0. The van der Waals surface area contributed by atoms with Crippen molar-refractivity contribution in [2.24, 2.45) is 0 Å². The lowest BCUT2D eigenvalue weighted by Gasteiger charge is -2.09. The molecular weight excluding hydrogens is 284 g/mol. The number of nitrogen functional groups attached to an aromatic ring is 1. The number of benzene rings is 1. The Labute approximate surface area is 119 Å². The fourth-order valence-corrected chi connectivity index (χ4v) is 2.50. The number of nitrogens with one attached hydrogen (secondary N) is 1. The maximum Gasteiger partial charge on any atom is 0.240 e. The van der Waals surface area contributed by atoms with Crippen LogP contribution in [0.15, 0.2) is 23.1 Å². The van der Waals surface area contributed by atoms with Crippen molar-refractivity contribution < 1.29 is 22.6 Å². The Kier molecular flexibility index (Phi) is 6.73. The number of nitrogens with two attached hydrogens (primary N) is 1. The Balaban J connectivity index is 2.54. The van der Waals surface area contributed by atoms with E-state index in [-0.39, 0.29) is 23.7 Å². The van der Waals surface area contributed by atoms with Gasteiger partial charge in [-0.15, -0.1) is 0 Å². The molecule has 0 bridgehead atoms. The molecule has 8 heteroatoms. The summed E-state index contributed by atoms with van der Waals surface area (Å²) in [5, 5.41) is 0. The highest BCUT2D eigenvalue weighted by molar-refractivity contribution is 7.89. The predicted molar refractivity (Wildman–Crippen MR) is 75.3 cm³/mol. The summed E-state index contributed by atoms with van der Waals surface area (Å²) >= 11 is 0. The zero-order chi connectivity index (χ0) is 15.0. The first-order valence-corrected chi connectivity index (χ1v) is 7.49. The van der Waals surface area contributed by atoms with Gasteiger partial charge >= 0.3 is 0 Å². The number of ether oxygens (including phenoxy) is 3. The Hall–Kier alpha value is -1.35. The lowest BCUT2D eigenvalue weighted by Crippen LogP contribution is -2.28. The molecule has 1 aromatic rings. The van der Waals surface area contributed by atoms with Gasteiger partial charge in [0.2, 0.25) is 10.0 Å². The van der Waals surface area contributed by atoms with Crippen molar-refractivity contribution in [1.82, 2.24) is 4.72 Å². The molecule has 0 aromatic heterocycles. The topological polar surface area (TPSA) is 99.9 Å². The molecular formula is C12H20N2O5S. The second kappa shape index (κ2) is 8.05. The Bertz CT molecular complexity index is 519. The molecule has 0 saturated heterocycles. The summed E-state index contributed by atoms with van der Waals surface area (Å²) in [5.41, 5.74) is 5.95. The van der Waals surface area contributed by atoms with Crippen molar-refractivity contribution >= 4 is 15.7 Å². The van der Waals surface area contributed by atoms with Crippen molar-refractivity contribution in [2.75, 3.05) is 46.3 Å². The molecule has 7 nitrogen and oxygen atoms in total. The molecule has 0 fully saturated rings. The van der Waals surface area contributed by atoms with Crippen LogP contribution >= 0.6 is 0 Å². The minimum atomic E-state index is -3.60. The predicted octanol–water partition coefficient (Wildman–Crippen LogP) is 0.219. The monoisotopic (exact) mass is 304 g/mol. The van der Waals surface area contributed by atoms with Crippen LogP contribution in [-0.4, -0.2) is 49.0 Å². The van der Waals surface area contributed by atoms with Crippen LogP contribution in [0.3, 0.4) is 0 Å². The highest BCUT2D eigenvalue weighted by Crippen LogP contribution is 2.24. The van der Waals surface area contributed by atoms with E-state index in [0.717, 1.165) is 0 Å². The van der Waals surface area contributed by atoms with E-state index in [1.165, 1.54) is 25.3 Å². The van der Waals surface area contributed by atoms with E-state index in [2.05, 4.69) is 4.72 Å². The van der Waals surface area contributed by atoms with Gasteiger partial charge < -0.3 is 19.9 Å². The number of rotatable bonds is 9. The molecule has 0 atom stereocenters. The van der Waals surface area contributed by atoms with Crippen molar-refractivity contribution in [1.29, 1.82) is 0 Å². The third-order valence-electron chi connectivity index (χ3n) is 2.48. The molecule has 0 aliphatic heterocycles. The van der Waals surface area contributed by atoms with Crippen LogP contribution < -0.4 is 15.2 Å². The fraction of sp³-hybridized carbons (Fsp3) is 0.500. The van der Waals surface area contributed by atoms with Gasteiger partial charge in [0.25, 0.3) is 0 Å². The van der Waals surface area contributed by atoms with Crippen LogP contribution in [-0.2, 0) is 19.5 Å². The summed E-state index contributed by atoms with van der Waals surface area (Å²) in [4.78, 5) is 0.0905. The fourth-order valence-electron chi connectivity index (χ4n) is 1.46. The van der Waals surface area contributed by atoms with Crippen molar-refractivity contribution in [3.05, 3.63) is 18.2 Å². The standard InChI is InChI=1S/C12H20N2O5S/c1-17-7-8-19-6-5-14-20(15,16)10-3-4-12(18-2)11(13)9-10/h3-4,9,14H,5-8,13H2,1-2H3. The van der Waals surface area contributed by atoms with Crippen molar-refractivity contribution in [3.63, 3.8) is 0 Å². The van der Waals surface area contributed by atoms with Gasteiger partial charge in [0.15, 0.2) is 0 Å². The smallest absolute Gasteiger partial charge is 0.240 e. The van der Waals surface area contributed by atoms with Gasteiger partial charge in [-0.1, -0.05) is 0 Å². The van der Waals surface area contributed by atoms with Crippen molar-refractivity contribution in [3.8, 4) is 5.75 Å². The Morgan fingerprint density at radius 2 is 1.95 bits per heavy atom. The molecule has 0 aliphatic carbocycles. The number of sulfonamides is 1. The number of hydrogen-bond donors (Lipinski definition) is 2. The number of anilines is 1. The van der Waals surface area contributed by atoms with E-state index in [4.69, 9.17) is 19.9 Å². The minimum Gasteiger partial charge on any atom is -0.495 e. The Morgan fingerprint density at radius 3 is 2.55 bits per heavy atom. The summed E-state index contributed by atoms with van der Waals surface area (Å²) in [6.45, 7) is 1.35. The van der Waals surface area contributed by atoms with E-state index in [0.29, 0.717) is 19.0 Å². The van der Waals surface area contributed by atoms with Crippen LogP contribution in [0.25, 0.3) is 0 Å². The maximum atomic E-state index is 12.0. The van der Waals surface area contributed by atoms with Gasteiger partial charge in [0.1, 0.15) is 5.75 Å². The van der Waals surface area contributed by atoms with Crippen LogP contribution in [0.1, 0.15) is 0 Å². The molecule has 0 amide bonds. The zero-order valence-electron chi connectivity index (χ0n) is 11.6. The summed E-state index contributed by atoms with van der Waals surface area (Å²) in [6, 6.07) is 4.30. The first-order valence-electron chi connectivity index (χ1n) is 6.01. The molecule has 0 radical (unpaired) electrons. The lowest BCUT2D eigenvalue weighted by atomic mass is 10.3. The van der Waals surface area contributed by atoms with Crippen LogP contribution in [0.4, 0.5) is 5.69 Å². The molecule has 0 heterocycles. The number of methoxy groups -OCH3 is 2. The van der Waals surface area contributed by atoms with Gasteiger partial charge in [-0.3, -0.25) is 0 Å². The van der Waals surface area contributed by atoms with E-state index in [1.807, 2.05) is 0 Å². The molecule has 0 unspecified atom stereocenters. The van der Waals surface area contributed by atoms with E-state index in [1.54, 1.807) is 7.11 Å². The quantitative estimate of drug-likeness (QED) is 0.500. The highest BCUT2D eigenvalue weighted by atomic mass is 32.2. The van der Waals surface area contributed by atoms with Gasteiger partial charge in [0.05, 0.1) is 37.5 Å². The molecule has 3 N–H and O–H groups in total. The lowest BCUT2D eigenvalue weighted by molar-refractivity contribution is 0.0736. The molecule has 20 heavy (non-hydrogen) atoms. The van der Waals surface area contributed by atoms with Crippen LogP contribution in [0.2, 0.25) is 0 Å². The van der Waals surface area contributed by atoms with Crippen molar-refractivity contribution in [2.45, 2.75) is 4.90 Å². The first-order chi connectivity index (χ1) is 9.51. The summed E-state index contributed by atoms with van der Waals surface area (Å²) in [5.74, 6) is 0.437. The normalized spacial score (nSPS) is 11.5. The largest absolute Gasteiger partial charge is 0.495 e. The van der Waals surface area contributed by atoms with Gasteiger partial charge in [-0.05, 0) is 18.2 Å². The number of hydrogen-bond acceptors (Lipinski definition) is 6. The van der Waals surface area contributed by atoms with Gasteiger partial charge in [0, 0.05) is 13.7 Å². The Morgan fingerprint density at radius 1 is 1.20 bits per heavy atom. The summed E-state index contributed by atoms with van der Waals surface area (Å²) in [7, 11) is -0.560. The third kappa shape index (κ3) is 4.97. The van der Waals surface area contributed by atoms with Gasteiger partial charge in [-0.25, -0.2) is 13.1 Å². The van der Waals surface area contributed by atoms with E-state index < -0.39 is 10.0 Å². The average Bonchev–Trinajstić information content (AvgIpc) is 2.42. The summed E-state index contributed by atoms with van der Waals surface area (Å²) < 4.78 is 41.3. The second-order valence-electron chi connectivity index (χ2n) is 3.91. The van der Waals surface area contributed by atoms with E-state index in [9.17, 15) is 8.42 Å². The summed E-state index contributed by atoms with van der Waals surface area (Å²) in [6.07, 6.45) is 0. The second-order valence-corrected chi connectivity index (χ2v) is 5.67. The molecule has 1 rings (SSSR count). The SMILES string of the molecule is COCCOCCNS(=O)(=O)c1ccc(OC)c(N)c1. The average molecular weight is 304 g/mol. The highest BCUT2D eigenvalue weighted by Gasteiger charge is 2.14. The van der Waals surface area contributed by atoms with Crippen LogP contribution in [0, 0.1) is 0 Å². The van der Waals surface area contributed by atoms with Crippen LogP contribution in [0.5, 0.6) is 5.75 Å². The van der Waals surface area contributed by atoms with E-state index >= 15 is 0 Å². The third-order valence-corrected chi connectivity index (χ3v) is 3.94. The molecule has 114 valence electrons. The zero-order valence-corrected chi connectivity index (χ0v) is 12.4. The molecule has 0 aliphatic rings. The minimum absolute atomic E-state index is 0.0905.